The van der Waals surface area contributed by atoms with Crippen LogP contribution in [0.3, 0.4) is 0 Å². The monoisotopic (exact) mass is 333 g/mol. The Bertz CT molecular complexity index is 563. The summed E-state index contributed by atoms with van der Waals surface area (Å²) in [5, 5.41) is 2.95. The SMILES string of the molecule is Cl.NCCN(CC(=O)NCc1ccccc1)Cc1ccccc1. The summed E-state index contributed by atoms with van der Waals surface area (Å²) >= 11 is 0. The van der Waals surface area contributed by atoms with Gasteiger partial charge in [0.05, 0.1) is 6.54 Å². The predicted molar refractivity (Wildman–Crippen MR) is 96.3 cm³/mol. The first-order valence-electron chi connectivity index (χ1n) is 7.55. The Kier molecular flexibility index (Phi) is 8.98. The standard InChI is InChI=1S/C18H23N3O.ClH/c19-11-12-21(14-17-9-5-2-6-10-17)15-18(22)20-13-16-7-3-1-4-8-16;/h1-10H,11-15,19H2,(H,20,22);1H. The summed E-state index contributed by atoms with van der Waals surface area (Å²) in [6.45, 7) is 2.89. The molecule has 0 aliphatic carbocycles. The van der Waals surface area contributed by atoms with E-state index in [1.54, 1.807) is 0 Å². The van der Waals surface area contributed by atoms with Gasteiger partial charge in [0, 0.05) is 26.2 Å². The number of carbonyl (C=O) groups excluding carboxylic acids is 1. The Morgan fingerprint density at radius 1 is 0.957 bits per heavy atom. The van der Waals surface area contributed by atoms with Crippen molar-refractivity contribution in [1.29, 1.82) is 0 Å². The van der Waals surface area contributed by atoms with Crippen LogP contribution in [0.5, 0.6) is 0 Å². The van der Waals surface area contributed by atoms with E-state index in [4.69, 9.17) is 5.73 Å². The quantitative estimate of drug-likeness (QED) is 0.778. The highest BCUT2D eigenvalue weighted by molar-refractivity contribution is 5.85. The Hall–Kier alpha value is -1.88. The van der Waals surface area contributed by atoms with Gasteiger partial charge in [0.1, 0.15) is 0 Å². The third-order valence-electron chi connectivity index (χ3n) is 3.39. The molecule has 4 nitrogen and oxygen atoms in total. The van der Waals surface area contributed by atoms with Gasteiger partial charge in [-0.25, -0.2) is 0 Å². The van der Waals surface area contributed by atoms with Crippen LogP contribution in [0.4, 0.5) is 0 Å². The summed E-state index contributed by atoms with van der Waals surface area (Å²) in [4.78, 5) is 14.2. The average molecular weight is 334 g/mol. The largest absolute Gasteiger partial charge is 0.351 e. The number of hydrogen-bond donors (Lipinski definition) is 2. The number of carbonyl (C=O) groups is 1. The zero-order valence-corrected chi connectivity index (χ0v) is 14.0. The van der Waals surface area contributed by atoms with Gasteiger partial charge in [-0.2, -0.15) is 0 Å². The van der Waals surface area contributed by atoms with Crippen LogP contribution in [0.15, 0.2) is 60.7 Å². The van der Waals surface area contributed by atoms with Crippen LogP contribution in [0, 0.1) is 0 Å². The summed E-state index contributed by atoms with van der Waals surface area (Å²) < 4.78 is 0. The van der Waals surface area contributed by atoms with Crippen LogP contribution in [-0.4, -0.2) is 30.4 Å². The lowest BCUT2D eigenvalue weighted by Gasteiger charge is -2.21. The van der Waals surface area contributed by atoms with Crippen molar-refractivity contribution in [2.45, 2.75) is 13.1 Å². The highest BCUT2D eigenvalue weighted by Gasteiger charge is 2.10. The van der Waals surface area contributed by atoms with E-state index in [1.165, 1.54) is 5.56 Å². The molecule has 0 saturated carbocycles. The van der Waals surface area contributed by atoms with Gasteiger partial charge in [0.2, 0.25) is 5.91 Å². The Labute approximate surface area is 144 Å². The lowest BCUT2D eigenvalue weighted by Crippen LogP contribution is -2.39. The molecule has 0 spiro atoms. The number of nitrogens with two attached hydrogens (primary N) is 1. The molecule has 0 fully saturated rings. The number of nitrogens with one attached hydrogen (secondary N) is 1. The van der Waals surface area contributed by atoms with Gasteiger partial charge in [0.25, 0.3) is 0 Å². The Morgan fingerprint density at radius 2 is 1.52 bits per heavy atom. The van der Waals surface area contributed by atoms with Crippen LogP contribution in [0.1, 0.15) is 11.1 Å². The molecule has 0 saturated heterocycles. The van der Waals surface area contributed by atoms with Gasteiger partial charge in [-0.05, 0) is 11.1 Å². The second-order valence-corrected chi connectivity index (χ2v) is 5.25. The first-order chi connectivity index (χ1) is 10.8. The highest BCUT2D eigenvalue weighted by Crippen LogP contribution is 2.04. The molecule has 1 amide bonds. The van der Waals surface area contributed by atoms with E-state index in [2.05, 4.69) is 22.3 Å². The molecule has 0 aromatic heterocycles. The van der Waals surface area contributed by atoms with Crippen LogP contribution in [-0.2, 0) is 17.9 Å². The molecular weight excluding hydrogens is 310 g/mol. The molecule has 124 valence electrons. The number of hydrogen-bond acceptors (Lipinski definition) is 3. The molecule has 2 rings (SSSR count). The van der Waals surface area contributed by atoms with E-state index in [9.17, 15) is 4.79 Å². The van der Waals surface area contributed by atoms with Crippen molar-refractivity contribution in [3.63, 3.8) is 0 Å². The maximum Gasteiger partial charge on any atom is 0.234 e. The van der Waals surface area contributed by atoms with Crippen molar-refractivity contribution in [3.8, 4) is 0 Å². The molecule has 2 aromatic rings. The molecule has 0 bridgehead atoms. The zero-order valence-electron chi connectivity index (χ0n) is 13.2. The molecule has 5 heteroatoms. The summed E-state index contributed by atoms with van der Waals surface area (Å²) in [5.74, 6) is 0.0215. The van der Waals surface area contributed by atoms with Gasteiger partial charge in [-0.15, -0.1) is 12.4 Å². The molecule has 23 heavy (non-hydrogen) atoms. The number of rotatable bonds is 8. The van der Waals surface area contributed by atoms with E-state index in [1.807, 2.05) is 48.5 Å². The van der Waals surface area contributed by atoms with E-state index in [-0.39, 0.29) is 18.3 Å². The third kappa shape index (κ3) is 7.28. The smallest absolute Gasteiger partial charge is 0.234 e. The van der Waals surface area contributed by atoms with Crippen molar-refractivity contribution in [2.24, 2.45) is 5.73 Å². The molecule has 0 unspecified atom stereocenters. The molecule has 0 aliphatic rings. The predicted octanol–water partition coefficient (Wildman–Crippen LogP) is 2.19. The lowest BCUT2D eigenvalue weighted by atomic mass is 10.2. The maximum absolute atomic E-state index is 12.1. The van der Waals surface area contributed by atoms with Gasteiger partial charge in [0.15, 0.2) is 0 Å². The van der Waals surface area contributed by atoms with Gasteiger partial charge < -0.3 is 11.1 Å². The number of nitrogens with zero attached hydrogens (tertiary/aromatic N) is 1. The Balaban J connectivity index is 0.00000264. The van der Waals surface area contributed by atoms with Crippen molar-refractivity contribution < 1.29 is 4.79 Å². The van der Waals surface area contributed by atoms with Gasteiger partial charge in [-0.1, -0.05) is 60.7 Å². The lowest BCUT2D eigenvalue weighted by molar-refractivity contribution is -0.122. The number of halogens is 1. The van der Waals surface area contributed by atoms with Crippen molar-refractivity contribution in [2.75, 3.05) is 19.6 Å². The van der Waals surface area contributed by atoms with Crippen molar-refractivity contribution in [3.05, 3.63) is 71.8 Å². The van der Waals surface area contributed by atoms with Crippen LogP contribution in [0.25, 0.3) is 0 Å². The molecule has 0 aliphatic heterocycles. The van der Waals surface area contributed by atoms with Crippen LogP contribution < -0.4 is 11.1 Å². The first-order valence-corrected chi connectivity index (χ1v) is 7.55. The second-order valence-electron chi connectivity index (χ2n) is 5.25. The van der Waals surface area contributed by atoms with Gasteiger partial charge in [-0.3, -0.25) is 9.69 Å². The first kappa shape index (κ1) is 19.2. The minimum atomic E-state index is 0. The summed E-state index contributed by atoms with van der Waals surface area (Å²) in [6, 6.07) is 20.0. The maximum atomic E-state index is 12.1. The fraction of sp³-hybridized carbons (Fsp3) is 0.278. The van der Waals surface area contributed by atoms with Crippen LogP contribution >= 0.6 is 12.4 Å². The van der Waals surface area contributed by atoms with E-state index in [0.717, 1.165) is 12.1 Å². The summed E-state index contributed by atoms with van der Waals surface area (Å²) in [7, 11) is 0. The summed E-state index contributed by atoms with van der Waals surface area (Å²) in [5.41, 5.74) is 7.94. The molecule has 3 N–H and O–H groups in total. The molecule has 2 aromatic carbocycles. The van der Waals surface area contributed by atoms with Crippen LogP contribution in [0.2, 0.25) is 0 Å². The Morgan fingerprint density at radius 3 is 2.09 bits per heavy atom. The van der Waals surface area contributed by atoms with E-state index >= 15 is 0 Å². The van der Waals surface area contributed by atoms with Gasteiger partial charge >= 0.3 is 0 Å². The van der Waals surface area contributed by atoms with Crippen molar-refractivity contribution in [1.82, 2.24) is 10.2 Å². The average Bonchev–Trinajstić information content (AvgIpc) is 2.55. The second kappa shape index (κ2) is 10.8. The fourth-order valence-corrected chi connectivity index (χ4v) is 2.29. The third-order valence-corrected chi connectivity index (χ3v) is 3.39. The normalized spacial score (nSPS) is 10.2. The highest BCUT2D eigenvalue weighted by atomic mass is 35.5. The molecular formula is C18H24ClN3O. The number of amides is 1. The topological polar surface area (TPSA) is 58.4 Å². The minimum absolute atomic E-state index is 0. The van der Waals surface area contributed by atoms with E-state index < -0.39 is 0 Å². The molecule has 0 heterocycles. The fourth-order valence-electron chi connectivity index (χ4n) is 2.29. The molecule has 0 atom stereocenters. The zero-order chi connectivity index (χ0) is 15.6. The number of benzene rings is 2. The van der Waals surface area contributed by atoms with E-state index in [0.29, 0.717) is 26.2 Å². The minimum Gasteiger partial charge on any atom is -0.351 e. The summed E-state index contributed by atoms with van der Waals surface area (Å²) in [6.07, 6.45) is 0. The molecule has 0 radical (unpaired) electrons. The van der Waals surface area contributed by atoms with Crippen molar-refractivity contribution >= 4 is 18.3 Å².